The van der Waals surface area contributed by atoms with Crippen molar-refractivity contribution in [3.05, 3.63) is 28.7 Å². The zero-order valence-electron chi connectivity index (χ0n) is 9.12. The number of halogens is 1. The highest BCUT2D eigenvalue weighted by molar-refractivity contribution is 9.10. The molecule has 2 nitrogen and oxygen atoms in total. The van der Waals surface area contributed by atoms with Crippen LogP contribution in [0.3, 0.4) is 0 Å². The summed E-state index contributed by atoms with van der Waals surface area (Å²) < 4.78 is 13.7. The quantitative estimate of drug-likeness (QED) is 0.849. The fourth-order valence-corrected chi connectivity index (χ4v) is 4.28. The van der Waals surface area contributed by atoms with E-state index in [1.807, 2.05) is 24.3 Å². The van der Waals surface area contributed by atoms with Gasteiger partial charge in [0, 0.05) is 14.6 Å². The monoisotopic (exact) mass is 301 g/mol. The number of benzene rings is 1. The molecule has 2 rings (SSSR count). The Balaban J connectivity index is 2.27. The van der Waals surface area contributed by atoms with Crippen LogP contribution < -0.4 is 5.32 Å². The van der Waals surface area contributed by atoms with Gasteiger partial charge in [0.25, 0.3) is 0 Å². The lowest BCUT2D eigenvalue weighted by molar-refractivity contribution is 0.518. The highest BCUT2D eigenvalue weighted by Gasteiger charge is 2.23. The smallest absolute Gasteiger partial charge is 0.0339 e. The van der Waals surface area contributed by atoms with Crippen molar-refractivity contribution in [2.75, 3.05) is 13.1 Å². The molecular weight excluding hydrogens is 286 g/mol. The molecule has 0 amide bonds. The highest BCUT2D eigenvalue weighted by atomic mass is 79.9. The summed E-state index contributed by atoms with van der Waals surface area (Å²) in [4.78, 5) is 0.877. The van der Waals surface area contributed by atoms with E-state index in [-0.39, 0.29) is 5.25 Å². The van der Waals surface area contributed by atoms with Gasteiger partial charge in [-0.15, -0.1) is 0 Å². The molecule has 16 heavy (non-hydrogen) atoms. The summed E-state index contributed by atoms with van der Waals surface area (Å²) in [7, 11) is -2.14. The average Bonchev–Trinajstić information content (AvgIpc) is 2.31. The van der Waals surface area contributed by atoms with Crippen molar-refractivity contribution >= 4 is 31.3 Å². The van der Waals surface area contributed by atoms with Gasteiger partial charge in [-0.05, 0) is 65.6 Å². The van der Waals surface area contributed by atoms with Gasteiger partial charge >= 0.3 is 0 Å². The summed E-state index contributed by atoms with van der Waals surface area (Å²) in [6.07, 6.45) is 1.91. The number of hydrogen-bond donors (Lipinski definition) is 1. The van der Waals surface area contributed by atoms with Gasteiger partial charge in [-0.2, -0.15) is 0 Å². The van der Waals surface area contributed by atoms with Crippen LogP contribution in [0, 0.1) is 0 Å². The molecule has 1 unspecified atom stereocenters. The van der Waals surface area contributed by atoms with Crippen molar-refractivity contribution in [3.63, 3.8) is 0 Å². The minimum Gasteiger partial charge on any atom is -0.317 e. The van der Waals surface area contributed by atoms with Crippen LogP contribution in [0.1, 0.15) is 12.8 Å². The molecule has 0 spiro atoms. The standard InChI is InChI=1S/C12H16BrNOS/c1-16(15,12-6-8-14-9-7-12)11-4-2-10(13)3-5-11/h2-5,12,14H,1,6-9H2. The molecule has 0 saturated carbocycles. The van der Waals surface area contributed by atoms with Crippen LogP contribution in [-0.4, -0.2) is 28.4 Å². The first-order chi connectivity index (χ1) is 7.60. The highest BCUT2D eigenvalue weighted by Crippen LogP contribution is 2.23. The number of nitrogens with one attached hydrogen (secondary N) is 1. The molecule has 1 aromatic carbocycles. The lowest BCUT2D eigenvalue weighted by Crippen LogP contribution is -2.35. The van der Waals surface area contributed by atoms with Crippen LogP contribution >= 0.6 is 15.9 Å². The first-order valence-electron chi connectivity index (χ1n) is 5.43. The zero-order valence-corrected chi connectivity index (χ0v) is 11.5. The fraction of sp³-hybridized carbons (Fsp3) is 0.417. The Kier molecular flexibility index (Phi) is 3.72. The predicted octanol–water partition coefficient (Wildman–Crippen LogP) is 2.28. The molecule has 0 aliphatic carbocycles. The van der Waals surface area contributed by atoms with E-state index in [9.17, 15) is 4.21 Å². The minimum atomic E-state index is -2.14. The summed E-state index contributed by atoms with van der Waals surface area (Å²) >= 11 is 3.39. The molecule has 1 N–H and O–H groups in total. The normalized spacial score (nSPS) is 21.6. The van der Waals surface area contributed by atoms with E-state index >= 15 is 0 Å². The van der Waals surface area contributed by atoms with Crippen molar-refractivity contribution in [2.45, 2.75) is 23.0 Å². The van der Waals surface area contributed by atoms with Gasteiger partial charge in [0.05, 0.1) is 0 Å². The third-order valence-corrected chi connectivity index (χ3v) is 6.18. The zero-order chi connectivity index (χ0) is 11.6. The Morgan fingerprint density at radius 2 is 1.81 bits per heavy atom. The third kappa shape index (κ3) is 2.50. The molecule has 1 saturated heterocycles. The molecule has 1 fully saturated rings. The second-order valence-corrected chi connectivity index (χ2v) is 7.64. The van der Waals surface area contributed by atoms with Gasteiger partial charge in [0.1, 0.15) is 0 Å². The number of rotatable bonds is 2. The van der Waals surface area contributed by atoms with Crippen LogP contribution in [0.5, 0.6) is 0 Å². The van der Waals surface area contributed by atoms with Crippen molar-refractivity contribution in [3.8, 4) is 0 Å². The Bertz CT molecular complexity index is 446. The molecule has 0 radical (unpaired) electrons. The van der Waals surface area contributed by atoms with E-state index in [1.165, 1.54) is 0 Å². The van der Waals surface area contributed by atoms with Crippen molar-refractivity contribution in [1.82, 2.24) is 5.32 Å². The molecule has 0 bridgehead atoms. The lowest BCUT2D eigenvalue weighted by Gasteiger charge is -2.26. The van der Waals surface area contributed by atoms with Gasteiger partial charge in [-0.1, -0.05) is 15.9 Å². The lowest BCUT2D eigenvalue weighted by atomic mass is 10.2. The van der Waals surface area contributed by atoms with E-state index in [1.54, 1.807) is 0 Å². The molecular formula is C12H16BrNOS. The van der Waals surface area contributed by atoms with Crippen LogP contribution in [0.4, 0.5) is 0 Å². The predicted molar refractivity (Wildman–Crippen MR) is 73.6 cm³/mol. The Morgan fingerprint density at radius 3 is 2.38 bits per heavy atom. The van der Waals surface area contributed by atoms with Crippen LogP contribution in [0.25, 0.3) is 0 Å². The molecule has 4 heteroatoms. The molecule has 1 aromatic rings. The van der Waals surface area contributed by atoms with Gasteiger partial charge in [-0.25, -0.2) is 0 Å². The van der Waals surface area contributed by atoms with Gasteiger partial charge in [-0.3, -0.25) is 4.21 Å². The fourth-order valence-electron chi connectivity index (χ4n) is 2.03. The molecule has 1 aliphatic heterocycles. The maximum Gasteiger partial charge on any atom is 0.0339 e. The first kappa shape index (κ1) is 12.1. The Labute approximate surface area is 106 Å². The molecule has 1 atom stereocenters. The average molecular weight is 302 g/mol. The van der Waals surface area contributed by atoms with Gasteiger partial charge < -0.3 is 5.32 Å². The van der Waals surface area contributed by atoms with Gasteiger partial charge in [0.2, 0.25) is 0 Å². The van der Waals surface area contributed by atoms with E-state index < -0.39 is 9.52 Å². The Morgan fingerprint density at radius 1 is 1.25 bits per heavy atom. The molecule has 88 valence electrons. The topological polar surface area (TPSA) is 29.1 Å². The van der Waals surface area contributed by atoms with Crippen molar-refractivity contribution in [1.29, 1.82) is 0 Å². The second-order valence-electron chi connectivity index (χ2n) is 4.13. The molecule has 1 heterocycles. The van der Waals surface area contributed by atoms with Gasteiger partial charge in [0.15, 0.2) is 0 Å². The minimum absolute atomic E-state index is 0.218. The first-order valence-corrected chi connectivity index (χ1v) is 8.01. The second kappa shape index (κ2) is 4.90. The SMILES string of the molecule is C=S(=O)(c1ccc(Br)cc1)C1CCNCC1. The van der Waals surface area contributed by atoms with Crippen molar-refractivity contribution in [2.24, 2.45) is 0 Å². The largest absolute Gasteiger partial charge is 0.317 e. The summed E-state index contributed by atoms with van der Waals surface area (Å²) in [5, 5.41) is 3.50. The summed E-state index contributed by atoms with van der Waals surface area (Å²) in [5.74, 6) is 3.98. The summed E-state index contributed by atoms with van der Waals surface area (Å²) in [6.45, 7) is 1.90. The maximum atomic E-state index is 12.7. The Hall–Kier alpha value is -0.320. The van der Waals surface area contributed by atoms with Crippen LogP contribution in [0.15, 0.2) is 33.6 Å². The van der Waals surface area contributed by atoms with E-state index in [0.29, 0.717) is 0 Å². The number of piperidine rings is 1. The van der Waals surface area contributed by atoms with Crippen LogP contribution in [-0.2, 0) is 9.52 Å². The summed E-state index contributed by atoms with van der Waals surface area (Å²) in [5.41, 5.74) is 0. The van der Waals surface area contributed by atoms with Crippen LogP contribution in [0.2, 0.25) is 0 Å². The number of hydrogen-bond acceptors (Lipinski definition) is 2. The van der Waals surface area contributed by atoms with E-state index in [4.69, 9.17) is 0 Å². The van der Waals surface area contributed by atoms with E-state index in [0.717, 1.165) is 35.3 Å². The third-order valence-electron chi connectivity index (χ3n) is 3.04. The maximum absolute atomic E-state index is 12.7. The van der Waals surface area contributed by atoms with Crippen molar-refractivity contribution < 1.29 is 4.21 Å². The van der Waals surface area contributed by atoms with E-state index in [2.05, 4.69) is 27.1 Å². The molecule has 1 aliphatic rings. The summed E-state index contributed by atoms with van der Waals surface area (Å²) in [6, 6.07) is 7.70. The molecule has 0 aromatic heterocycles.